The summed E-state index contributed by atoms with van der Waals surface area (Å²) in [5.41, 5.74) is 3.37. The average Bonchev–Trinajstić information content (AvgIpc) is 3.20. The molecule has 3 aromatic rings. The van der Waals surface area contributed by atoms with Gasteiger partial charge >= 0.3 is 5.97 Å². The molecular formula is C20H21N3O3S2. The molecule has 0 saturated carbocycles. The predicted octanol–water partition coefficient (Wildman–Crippen LogP) is 3.51. The van der Waals surface area contributed by atoms with Crippen molar-refractivity contribution in [3.8, 4) is 0 Å². The molecule has 2 aromatic heterocycles. The van der Waals surface area contributed by atoms with Gasteiger partial charge in [-0.3, -0.25) is 4.79 Å². The van der Waals surface area contributed by atoms with Crippen LogP contribution in [0.25, 0.3) is 11.0 Å². The van der Waals surface area contributed by atoms with Gasteiger partial charge in [-0.25, -0.2) is 14.8 Å². The number of hydrogen-bond donors (Lipinski definition) is 1. The van der Waals surface area contributed by atoms with Crippen molar-refractivity contribution < 1.29 is 14.3 Å². The first-order chi connectivity index (χ1) is 13.5. The maximum Gasteiger partial charge on any atom is 0.338 e. The Morgan fingerprint density at radius 1 is 1.14 bits per heavy atom. The third-order valence-electron chi connectivity index (χ3n) is 4.04. The van der Waals surface area contributed by atoms with Gasteiger partial charge in [0, 0.05) is 22.9 Å². The molecule has 0 atom stereocenters. The van der Waals surface area contributed by atoms with Crippen LogP contribution in [-0.4, -0.2) is 40.7 Å². The first-order valence-corrected chi connectivity index (χ1v) is 10.9. The van der Waals surface area contributed by atoms with Crippen molar-refractivity contribution in [2.75, 3.05) is 18.9 Å². The van der Waals surface area contributed by atoms with E-state index in [9.17, 15) is 9.59 Å². The minimum atomic E-state index is -0.552. The van der Waals surface area contributed by atoms with Crippen LogP contribution in [0.5, 0.6) is 0 Å². The number of nitrogens with one attached hydrogen (secondary N) is 1. The van der Waals surface area contributed by atoms with Crippen LogP contribution >= 0.6 is 23.1 Å². The highest BCUT2D eigenvalue weighted by Gasteiger charge is 2.12. The maximum absolute atomic E-state index is 12.2. The van der Waals surface area contributed by atoms with Gasteiger partial charge in [0.2, 0.25) is 0 Å². The summed E-state index contributed by atoms with van der Waals surface area (Å²) in [5, 5.41) is 4.81. The molecule has 0 radical (unpaired) electrons. The molecule has 1 amide bonds. The zero-order valence-corrected chi connectivity index (χ0v) is 17.4. The third kappa shape index (κ3) is 5.53. The second kappa shape index (κ2) is 9.66. The molecule has 2 heterocycles. The fourth-order valence-electron chi connectivity index (χ4n) is 2.45. The number of hydrogen-bond acceptors (Lipinski definition) is 7. The smallest absolute Gasteiger partial charge is 0.338 e. The SMILES string of the molecule is Cc1nc2ccc(C(=O)OCC(=O)NCCSCc3cccs3)cc2nc1C. The molecule has 1 aromatic carbocycles. The van der Waals surface area contributed by atoms with Crippen LogP contribution < -0.4 is 5.32 Å². The summed E-state index contributed by atoms with van der Waals surface area (Å²) in [6, 6.07) is 9.12. The Bertz CT molecular complexity index is 974. The number of aromatic nitrogens is 2. The largest absolute Gasteiger partial charge is 0.452 e. The van der Waals surface area contributed by atoms with Crippen LogP contribution in [0.4, 0.5) is 0 Å². The topological polar surface area (TPSA) is 81.2 Å². The number of nitrogens with zero attached hydrogens (tertiary/aromatic N) is 2. The van der Waals surface area contributed by atoms with Gasteiger partial charge in [0.25, 0.3) is 5.91 Å². The van der Waals surface area contributed by atoms with E-state index in [1.807, 2.05) is 19.9 Å². The van der Waals surface area contributed by atoms with Crippen molar-refractivity contribution >= 4 is 46.0 Å². The van der Waals surface area contributed by atoms with E-state index in [0.717, 1.165) is 28.4 Å². The van der Waals surface area contributed by atoms with Crippen molar-refractivity contribution in [3.05, 3.63) is 57.5 Å². The zero-order chi connectivity index (χ0) is 19.9. The summed E-state index contributed by atoms with van der Waals surface area (Å²) in [6.07, 6.45) is 0. The van der Waals surface area contributed by atoms with Crippen molar-refractivity contribution in [1.29, 1.82) is 0 Å². The summed E-state index contributed by atoms with van der Waals surface area (Å²) < 4.78 is 5.10. The van der Waals surface area contributed by atoms with Crippen LogP contribution in [0.15, 0.2) is 35.7 Å². The predicted molar refractivity (Wildman–Crippen MR) is 113 cm³/mol. The lowest BCUT2D eigenvalue weighted by atomic mass is 10.2. The third-order valence-corrected chi connectivity index (χ3v) is 6.11. The summed E-state index contributed by atoms with van der Waals surface area (Å²) in [7, 11) is 0. The number of amides is 1. The molecule has 0 bridgehead atoms. The number of aryl methyl sites for hydroxylation is 2. The highest BCUT2D eigenvalue weighted by Crippen LogP contribution is 2.17. The Kier molecular flexibility index (Phi) is 7.00. The van der Waals surface area contributed by atoms with Gasteiger partial charge < -0.3 is 10.1 Å². The Labute approximate surface area is 171 Å². The standard InChI is InChI=1S/C20H21N3O3S2/c1-13-14(2)23-18-10-15(5-6-17(18)22-13)20(25)26-11-19(24)21-7-9-27-12-16-4-3-8-28-16/h3-6,8,10H,7,9,11-12H2,1-2H3,(H,21,24). The van der Waals surface area contributed by atoms with Crippen LogP contribution in [0.1, 0.15) is 26.6 Å². The van der Waals surface area contributed by atoms with Gasteiger partial charge in [0.05, 0.1) is 28.0 Å². The van der Waals surface area contributed by atoms with Gasteiger partial charge in [0.15, 0.2) is 6.61 Å². The molecule has 3 rings (SSSR count). The Balaban J connectivity index is 1.42. The normalized spacial score (nSPS) is 10.8. The molecule has 1 N–H and O–H groups in total. The van der Waals surface area contributed by atoms with E-state index in [-0.39, 0.29) is 12.5 Å². The lowest BCUT2D eigenvalue weighted by Crippen LogP contribution is -2.30. The molecule has 0 fully saturated rings. The first kappa shape index (κ1) is 20.3. The van der Waals surface area contributed by atoms with E-state index in [4.69, 9.17) is 4.74 Å². The van der Waals surface area contributed by atoms with Gasteiger partial charge in [-0.15, -0.1) is 11.3 Å². The quantitative estimate of drug-likeness (QED) is 0.448. The first-order valence-electron chi connectivity index (χ1n) is 8.82. The Hall–Kier alpha value is -2.45. The lowest BCUT2D eigenvalue weighted by Gasteiger charge is -2.07. The molecule has 0 aliphatic carbocycles. The van der Waals surface area contributed by atoms with Gasteiger partial charge in [0.1, 0.15) is 0 Å². The second-order valence-corrected chi connectivity index (χ2v) is 8.29. The molecule has 0 aliphatic rings. The summed E-state index contributed by atoms with van der Waals surface area (Å²) in [6.45, 7) is 4.00. The number of carbonyl (C=O) groups is 2. The molecule has 146 valence electrons. The number of thiophene rings is 1. The van der Waals surface area contributed by atoms with Crippen molar-refractivity contribution in [1.82, 2.24) is 15.3 Å². The fraction of sp³-hybridized carbons (Fsp3) is 0.300. The Morgan fingerprint density at radius 2 is 1.93 bits per heavy atom. The molecule has 0 spiro atoms. The molecule has 0 aliphatic heterocycles. The Morgan fingerprint density at radius 3 is 2.68 bits per heavy atom. The van der Waals surface area contributed by atoms with Crippen LogP contribution in [0.3, 0.4) is 0 Å². The summed E-state index contributed by atoms with van der Waals surface area (Å²) >= 11 is 3.48. The van der Waals surface area contributed by atoms with Gasteiger partial charge in [-0.1, -0.05) is 6.07 Å². The molecule has 6 nitrogen and oxygen atoms in total. The van der Waals surface area contributed by atoms with Crippen molar-refractivity contribution in [2.24, 2.45) is 0 Å². The summed E-state index contributed by atoms with van der Waals surface area (Å²) in [5.74, 6) is 0.882. The van der Waals surface area contributed by atoms with Crippen molar-refractivity contribution in [2.45, 2.75) is 19.6 Å². The van der Waals surface area contributed by atoms with Crippen LogP contribution in [0, 0.1) is 13.8 Å². The van der Waals surface area contributed by atoms with Gasteiger partial charge in [-0.2, -0.15) is 11.8 Å². The number of ether oxygens (including phenoxy) is 1. The number of benzene rings is 1. The lowest BCUT2D eigenvalue weighted by molar-refractivity contribution is -0.124. The molecule has 28 heavy (non-hydrogen) atoms. The molecular weight excluding hydrogens is 394 g/mol. The second-order valence-electron chi connectivity index (χ2n) is 6.16. The van der Waals surface area contributed by atoms with E-state index in [1.54, 1.807) is 41.3 Å². The van der Waals surface area contributed by atoms with E-state index in [1.165, 1.54) is 4.88 Å². The molecule has 0 saturated heterocycles. The summed E-state index contributed by atoms with van der Waals surface area (Å²) in [4.78, 5) is 34.2. The highest BCUT2D eigenvalue weighted by atomic mass is 32.2. The monoisotopic (exact) mass is 415 g/mol. The minimum absolute atomic E-state index is 0.301. The highest BCUT2D eigenvalue weighted by molar-refractivity contribution is 7.98. The van der Waals surface area contributed by atoms with E-state index < -0.39 is 5.97 Å². The van der Waals surface area contributed by atoms with E-state index in [0.29, 0.717) is 17.6 Å². The zero-order valence-electron chi connectivity index (χ0n) is 15.7. The number of fused-ring (bicyclic) bond motifs is 1. The van der Waals surface area contributed by atoms with Gasteiger partial charge in [-0.05, 0) is 43.5 Å². The number of thioether (sulfide) groups is 1. The fourth-order valence-corrected chi connectivity index (χ4v) is 4.15. The average molecular weight is 416 g/mol. The number of esters is 1. The minimum Gasteiger partial charge on any atom is -0.452 e. The number of carbonyl (C=O) groups excluding carboxylic acids is 2. The molecule has 8 heteroatoms. The van der Waals surface area contributed by atoms with E-state index >= 15 is 0 Å². The number of rotatable bonds is 8. The van der Waals surface area contributed by atoms with Crippen molar-refractivity contribution in [3.63, 3.8) is 0 Å². The van der Waals surface area contributed by atoms with Crippen LogP contribution in [-0.2, 0) is 15.3 Å². The maximum atomic E-state index is 12.2. The van der Waals surface area contributed by atoms with E-state index in [2.05, 4.69) is 26.7 Å². The molecule has 0 unspecified atom stereocenters. The van der Waals surface area contributed by atoms with Crippen LogP contribution in [0.2, 0.25) is 0 Å².